The topological polar surface area (TPSA) is 103 Å². The summed E-state index contributed by atoms with van der Waals surface area (Å²) in [5.41, 5.74) is 3.73. The number of aliphatic hydroxyl groups is 1. The van der Waals surface area contributed by atoms with Crippen molar-refractivity contribution in [2.75, 3.05) is 37.8 Å². The minimum atomic E-state index is -0.0870. The van der Waals surface area contributed by atoms with Crippen LogP contribution in [0.3, 0.4) is 0 Å². The molecule has 10 nitrogen and oxygen atoms in total. The van der Waals surface area contributed by atoms with Crippen LogP contribution in [0.4, 0.5) is 5.82 Å². The summed E-state index contributed by atoms with van der Waals surface area (Å²) in [4.78, 5) is 15.5. The van der Waals surface area contributed by atoms with Gasteiger partial charge in [-0.05, 0) is 19.1 Å². The van der Waals surface area contributed by atoms with Gasteiger partial charge in [-0.1, -0.05) is 23.8 Å². The number of hydrogen-bond donors (Lipinski definition) is 1. The van der Waals surface area contributed by atoms with Crippen LogP contribution in [0.5, 0.6) is 6.01 Å². The van der Waals surface area contributed by atoms with Crippen LogP contribution < -0.4 is 9.64 Å². The number of aromatic nitrogens is 6. The van der Waals surface area contributed by atoms with E-state index in [-0.39, 0.29) is 12.6 Å². The summed E-state index contributed by atoms with van der Waals surface area (Å²) in [6, 6.07) is 12.4. The van der Waals surface area contributed by atoms with Crippen molar-refractivity contribution in [3.05, 3.63) is 66.4 Å². The molecular weight excluding hydrogens is 434 g/mol. The van der Waals surface area contributed by atoms with Crippen molar-refractivity contribution in [3.8, 4) is 23.1 Å². The van der Waals surface area contributed by atoms with Crippen molar-refractivity contribution in [1.29, 1.82) is 0 Å². The maximum absolute atomic E-state index is 9.19. The second-order valence-electron chi connectivity index (χ2n) is 8.09. The van der Waals surface area contributed by atoms with Crippen LogP contribution in [0.1, 0.15) is 11.3 Å². The fourth-order valence-corrected chi connectivity index (χ4v) is 3.80. The van der Waals surface area contributed by atoms with Gasteiger partial charge in [0.2, 0.25) is 0 Å². The van der Waals surface area contributed by atoms with E-state index in [1.807, 2.05) is 35.0 Å². The molecule has 0 spiro atoms. The van der Waals surface area contributed by atoms with Gasteiger partial charge in [0.25, 0.3) is 0 Å². The van der Waals surface area contributed by atoms with Crippen molar-refractivity contribution >= 4 is 5.82 Å². The number of imidazole rings is 1. The number of aryl methyl sites for hydroxylation is 1. The Labute approximate surface area is 197 Å². The van der Waals surface area contributed by atoms with Crippen molar-refractivity contribution in [3.63, 3.8) is 0 Å². The van der Waals surface area contributed by atoms with Gasteiger partial charge in [0.1, 0.15) is 12.4 Å². The monoisotopic (exact) mass is 461 g/mol. The minimum absolute atomic E-state index is 0.0870. The molecule has 3 aromatic heterocycles. The summed E-state index contributed by atoms with van der Waals surface area (Å²) in [6.07, 6.45) is 5.35. The first-order valence-electron chi connectivity index (χ1n) is 11.3. The van der Waals surface area contributed by atoms with Crippen LogP contribution in [0.25, 0.3) is 17.1 Å². The Bertz CT molecular complexity index is 1250. The average Bonchev–Trinajstić information content (AvgIpc) is 3.55. The average molecular weight is 462 g/mol. The summed E-state index contributed by atoms with van der Waals surface area (Å²) >= 11 is 0. The quantitative estimate of drug-likeness (QED) is 0.426. The lowest BCUT2D eigenvalue weighted by atomic mass is 10.1. The van der Waals surface area contributed by atoms with Crippen LogP contribution in [-0.2, 0) is 17.9 Å². The first-order chi connectivity index (χ1) is 16.7. The Hall–Kier alpha value is -3.76. The van der Waals surface area contributed by atoms with Crippen LogP contribution in [0.2, 0.25) is 0 Å². The molecule has 0 unspecified atom stereocenters. The van der Waals surface area contributed by atoms with Crippen molar-refractivity contribution in [2.24, 2.45) is 0 Å². The number of hydrogen-bond acceptors (Lipinski definition) is 8. The van der Waals surface area contributed by atoms with Crippen LogP contribution in [0, 0.1) is 6.92 Å². The first kappa shape index (κ1) is 22.1. The third-order valence-electron chi connectivity index (χ3n) is 5.58. The van der Waals surface area contributed by atoms with E-state index in [0.29, 0.717) is 37.9 Å². The second kappa shape index (κ2) is 10.0. The standard InChI is InChI=1S/C24H27N7O3/c1-18-3-2-4-19(13-18)21-5-6-31(28-21)23-14-22(30-8-10-33-11-9-30)26-24(27-23)34-12-7-29-15-20(16-32)25-17-29/h2-6,13-15,17,32H,7-12,16H2,1H3. The van der Waals surface area contributed by atoms with Crippen molar-refractivity contribution in [1.82, 2.24) is 29.3 Å². The Morgan fingerprint density at radius 3 is 2.74 bits per heavy atom. The number of benzene rings is 1. The molecule has 176 valence electrons. The number of morpholine rings is 1. The van der Waals surface area contributed by atoms with Crippen LogP contribution in [-0.4, -0.2) is 67.3 Å². The van der Waals surface area contributed by atoms with Gasteiger partial charge >= 0.3 is 6.01 Å². The fourth-order valence-electron chi connectivity index (χ4n) is 3.80. The lowest BCUT2D eigenvalue weighted by Gasteiger charge is -2.28. The number of nitrogens with zero attached hydrogens (tertiary/aromatic N) is 7. The molecule has 1 aliphatic heterocycles. The summed E-state index contributed by atoms with van der Waals surface area (Å²) in [7, 11) is 0. The highest BCUT2D eigenvalue weighted by atomic mass is 16.5. The molecule has 1 aliphatic rings. The number of anilines is 1. The predicted molar refractivity (Wildman–Crippen MR) is 126 cm³/mol. The first-order valence-corrected chi connectivity index (χ1v) is 11.3. The van der Waals surface area contributed by atoms with E-state index in [0.717, 1.165) is 30.2 Å². The predicted octanol–water partition coefficient (Wildman–Crippen LogP) is 2.24. The zero-order valence-electron chi connectivity index (χ0n) is 19.0. The summed E-state index contributed by atoms with van der Waals surface area (Å²) in [5.74, 6) is 1.41. The number of ether oxygens (including phenoxy) is 2. The summed E-state index contributed by atoms with van der Waals surface area (Å²) in [6.45, 7) is 5.72. The van der Waals surface area contributed by atoms with Gasteiger partial charge in [-0.15, -0.1) is 0 Å². The number of aliphatic hydroxyl groups excluding tert-OH is 1. The highest BCUT2D eigenvalue weighted by molar-refractivity contribution is 5.60. The maximum Gasteiger partial charge on any atom is 0.320 e. The molecule has 1 saturated heterocycles. The van der Waals surface area contributed by atoms with Gasteiger partial charge in [0.15, 0.2) is 5.82 Å². The minimum Gasteiger partial charge on any atom is -0.461 e. The molecule has 0 radical (unpaired) electrons. The Morgan fingerprint density at radius 1 is 1.09 bits per heavy atom. The smallest absolute Gasteiger partial charge is 0.320 e. The molecule has 34 heavy (non-hydrogen) atoms. The molecule has 0 aliphatic carbocycles. The third kappa shape index (κ3) is 5.08. The van der Waals surface area contributed by atoms with Gasteiger partial charge in [0, 0.05) is 37.1 Å². The molecular formula is C24H27N7O3. The van der Waals surface area contributed by atoms with Gasteiger partial charge in [-0.3, -0.25) is 0 Å². The zero-order chi connectivity index (χ0) is 23.3. The fraction of sp³-hybridized carbons (Fsp3) is 0.333. The lowest BCUT2D eigenvalue weighted by Crippen LogP contribution is -2.37. The van der Waals surface area contributed by atoms with E-state index < -0.39 is 0 Å². The molecule has 5 rings (SSSR count). The SMILES string of the molecule is Cc1cccc(-c2ccn(-c3cc(N4CCOCC4)nc(OCCn4cnc(CO)c4)n3)n2)c1. The van der Waals surface area contributed by atoms with Gasteiger partial charge in [-0.25, -0.2) is 9.67 Å². The van der Waals surface area contributed by atoms with E-state index in [1.165, 1.54) is 5.56 Å². The Balaban J connectivity index is 1.39. The molecule has 0 bridgehead atoms. The third-order valence-corrected chi connectivity index (χ3v) is 5.58. The van der Waals surface area contributed by atoms with E-state index in [9.17, 15) is 5.11 Å². The molecule has 1 fully saturated rings. The van der Waals surface area contributed by atoms with Crippen molar-refractivity contribution in [2.45, 2.75) is 20.1 Å². The summed E-state index contributed by atoms with van der Waals surface area (Å²) in [5, 5.41) is 13.9. The zero-order valence-corrected chi connectivity index (χ0v) is 19.0. The second-order valence-corrected chi connectivity index (χ2v) is 8.09. The van der Waals surface area contributed by atoms with E-state index in [4.69, 9.17) is 14.6 Å². The van der Waals surface area contributed by atoms with Gasteiger partial charge < -0.3 is 24.0 Å². The highest BCUT2D eigenvalue weighted by Crippen LogP contribution is 2.23. The molecule has 1 N–H and O–H groups in total. The van der Waals surface area contributed by atoms with Gasteiger partial charge in [-0.2, -0.15) is 15.1 Å². The molecule has 10 heteroatoms. The molecule has 1 aromatic carbocycles. The Kier molecular flexibility index (Phi) is 6.50. The Morgan fingerprint density at radius 2 is 1.94 bits per heavy atom. The molecule has 0 atom stereocenters. The lowest BCUT2D eigenvalue weighted by molar-refractivity contribution is 0.122. The van der Waals surface area contributed by atoms with Gasteiger partial charge in [0.05, 0.1) is 44.1 Å². The summed E-state index contributed by atoms with van der Waals surface area (Å²) < 4.78 is 15.0. The largest absolute Gasteiger partial charge is 0.461 e. The van der Waals surface area contributed by atoms with Crippen LogP contribution >= 0.6 is 0 Å². The molecule has 0 amide bonds. The van der Waals surface area contributed by atoms with E-state index in [1.54, 1.807) is 17.2 Å². The number of rotatable bonds is 8. The normalized spacial score (nSPS) is 13.9. The van der Waals surface area contributed by atoms with Crippen molar-refractivity contribution < 1.29 is 14.6 Å². The molecule has 4 heterocycles. The highest BCUT2D eigenvalue weighted by Gasteiger charge is 2.17. The van der Waals surface area contributed by atoms with Crippen LogP contribution in [0.15, 0.2) is 55.1 Å². The van der Waals surface area contributed by atoms with E-state index >= 15 is 0 Å². The maximum atomic E-state index is 9.19. The van der Waals surface area contributed by atoms with E-state index in [2.05, 4.69) is 38.9 Å². The molecule has 0 saturated carbocycles. The molecule has 4 aromatic rings.